The molecule has 0 unspecified atom stereocenters. The predicted molar refractivity (Wildman–Crippen MR) is 47.3 cm³/mol. The van der Waals surface area contributed by atoms with Gasteiger partial charge in [-0.05, 0) is 6.42 Å². The molecule has 2 amide bonds. The second-order valence-corrected chi connectivity index (χ2v) is 3.02. The molecule has 1 aliphatic rings. The zero-order valence-corrected chi connectivity index (χ0v) is 7.77. The van der Waals surface area contributed by atoms with Crippen LogP contribution in [0.2, 0.25) is 0 Å². The van der Waals surface area contributed by atoms with Crippen LogP contribution < -0.4 is 0 Å². The number of hydrogen-bond acceptors (Lipinski definition) is 3. The number of amides is 2. The fraction of sp³-hybridized carbons (Fsp3) is 0.444. The zero-order valence-electron chi connectivity index (χ0n) is 7.77. The summed E-state index contributed by atoms with van der Waals surface area (Å²) in [4.78, 5) is 33.9. The van der Waals surface area contributed by atoms with E-state index in [1.54, 1.807) is 6.92 Å². The normalized spacial score (nSPS) is 17.6. The number of imide groups is 1. The van der Waals surface area contributed by atoms with Crippen LogP contribution in [0.15, 0.2) is 12.2 Å². The molecule has 1 heterocycles. The maximum Gasteiger partial charge on any atom is 0.326 e. The summed E-state index contributed by atoms with van der Waals surface area (Å²) in [5.74, 6) is -2.23. The van der Waals surface area contributed by atoms with E-state index in [-0.39, 0.29) is 6.42 Å². The van der Waals surface area contributed by atoms with E-state index in [4.69, 9.17) is 5.11 Å². The summed E-state index contributed by atoms with van der Waals surface area (Å²) in [6.45, 7) is 1.80. The molecule has 1 atom stereocenters. The minimum absolute atomic E-state index is 0.286. The van der Waals surface area contributed by atoms with E-state index in [9.17, 15) is 14.4 Å². The minimum Gasteiger partial charge on any atom is -0.480 e. The molecule has 0 aromatic carbocycles. The highest BCUT2D eigenvalue weighted by Crippen LogP contribution is 2.13. The molecule has 1 N–H and O–H groups in total. The average Bonchev–Trinajstić information content (AvgIpc) is 2.43. The van der Waals surface area contributed by atoms with Gasteiger partial charge in [-0.1, -0.05) is 13.3 Å². The lowest BCUT2D eigenvalue weighted by atomic mass is 10.1. The Hall–Kier alpha value is -1.65. The van der Waals surface area contributed by atoms with Gasteiger partial charge in [0.2, 0.25) is 0 Å². The van der Waals surface area contributed by atoms with Gasteiger partial charge < -0.3 is 5.11 Å². The van der Waals surface area contributed by atoms with E-state index in [1.165, 1.54) is 0 Å². The van der Waals surface area contributed by atoms with Crippen LogP contribution in [-0.2, 0) is 14.4 Å². The lowest BCUT2D eigenvalue weighted by Gasteiger charge is -2.21. The third-order valence-corrected chi connectivity index (χ3v) is 2.00. The fourth-order valence-corrected chi connectivity index (χ4v) is 1.36. The highest BCUT2D eigenvalue weighted by atomic mass is 16.4. The number of carboxylic acid groups (broad SMARTS) is 1. The largest absolute Gasteiger partial charge is 0.480 e. The number of carboxylic acids is 1. The van der Waals surface area contributed by atoms with Crippen molar-refractivity contribution in [3.05, 3.63) is 12.2 Å². The highest BCUT2D eigenvalue weighted by molar-refractivity contribution is 6.14. The standard InChI is InChI=1S/C9H11NO4/c1-2-3-6(9(13)14)10-7(11)4-5-8(10)12/h4-6H,2-3H2,1H3,(H,13,14)/t6-/m0/s1. The van der Waals surface area contributed by atoms with Crippen molar-refractivity contribution in [3.63, 3.8) is 0 Å². The van der Waals surface area contributed by atoms with Crippen LogP contribution in [0.3, 0.4) is 0 Å². The van der Waals surface area contributed by atoms with Crippen LogP contribution >= 0.6 is 0 Å². The van der Waals surface area contributed by atoms with Gasteiger partial charge in [0.25, 0.3) is 11.8 Å². The second-order valence-electron chi connectivity index (χ2n) is 3.02. The molecule has 14 heavy (non-hydrogen) atoms. The predicted octanol–water partition coefficient (Wildman–Crippen LogP) is 0.165. The van der Waals surface area contributed by atoms with Gasteiger partial charge >= 0.3 is 5.97 Å². The van der Waals surface area contributed by atoms with E-state index < -0.39 is 23.8 Å². The van der Waals surface area contributed by atoms with Gasteiger partial charge in [-0.25, -0.2) is 4.79 Å². The first kappa shape index (κ1) is 10.4. The molecule has 0 saturated heterocycles. The minimum atomic E-state index is -1.14. The lowest BCUT2D eigenvalue weighted by Crippen LogP contribution is -2.44. The number of carbonyl (C=O) groups excluding carboxylic acids is 2. The molecular formula is C9H11NO4. The van der Waals surface area contributed by atoms with Gasteiger partial charge in [0, 0.05) is 12.2 Å². The molecule has 0 fully saturated rings. The Balaban J connectivity index is 2.83. The first-order chi connectivity index (χ1) is 6.57. The summed E-state index contributed by atoms with van der Waals surface area (Å²) in [7, 11) is 0. The van der Waals surface area contributed by atoms with Gasteiger partial charge in [0.15, 0.2) is 0 Å². The average molecular weight is 197 g/mol. The van der Waals surface area contributed by atoms with E-state index in [0.717, 1.165) is 17.1 Å². The molecule has 0 aromatic rings. The molecule has 0 bridgehead atoms. The van der Waals surface area contributed by atoms with E-state index >= 15 is 0 Å². The van der Waals surface area contributed by atoms with Gasteiger partial charge in [-0.15, -0.1) is 0 Å². The molecule has 1 aliphatic heterocycles. The first-order valence-electron chi connectivity index (χ1n) is 4.36. The number of aliphatic carboxylic acids is 1. The SMILES string of the molecule is CCC[C@@H](C(=O)O)N1C(=O)C=CC1=O. The number of carbonyl (C=O) groups is 3. The van der Waals surface area contributed by atoms with Crippen molar-refractivity contribution in [2.24, 2.45) is 0 Å². The molecule has 5 nitrogen and oxygen atoms in total. The van der Waals surface area contributed by atoms with Crippen molar-refractivity contribution in [1.82, 2.24) is 4.90 Å². The summed E-state index contributed by atoms with van der Waals surface area (Å²) in [5.41, 5.74) is 0. The van der Waals surface area contributed by atoms with Gasteiger partial charge in [0.05, 0.1) is 0 Å². The molecule has 0 spiro atoms. The quantitative estimate of drug-likeness (QED) is 0.651. The summed E-state index contributed by atoms with van der Waals surface area (Å²) >= 11 is 0. The molecule has 1 rings (SSSR count). The monoisotopic (exact) mass is 197 g/mol. The van der Waals surface area contributed by atoms with Crippen molar-refractivity contribution in [1.29, 1.82) is 0 Å². The third kappa shape index (κ3) is 1.81. The Morgan fingerprint density at radius 3 is 2.29 bits per heavy atom. The van der Waals surface area contributed by atoms with Crippen LogP contribution in [0, 0.1) is 0 Å². The summed E-state index contributed by atoms with van der Waals surface area (Å²) in [5, 5.41) is 8.83. The molecule has 0 aliphatic carbocycles. The Kier molecular flexibility index (Phi) is 3.01. The lowest BCUT2D eigenvalue weighted by molar-refractivity contribution is -0.153. The zero-order chi connectivity index (χ0) is 10.7. The second kappa shape index (κ2) is 4.04. The van der Waals surface area contributed by atoms with E-state index in [2.05, 4.69) is 0 Å². The van der Waals surface area contributed by atoms with Crippen LogP contribution in [0.5, 0.6) is 0 Å². The molecule has 0 radical (unpaired) electrons. The van der Waals surface area contributed by atoms with Crippen molar-refractivity contribution in [3.8, 4) is 0 Å². The maximum absolute atomic E-state index is 11.2. The molecule has 5 heteroatoms. The highest BCUT2D eigenvalue weighted by Gasteiger charge is 2.34. The van der Waals surface area contributed by atoms with Crippen LogP contribution in [0.25, 0.3) is 0 Å². The number of nitrogens with zero attached hydrogens (tertiary/aromatic N) is 1. The van der Waals surface area contributed by atoms with Crippen LogP contribution in [-0.4, -0.2) is 33.8 Å². The van der Waals surface area contributed by atoms with Crippen LogP contribution in [0.1, 0.15) is 19.8 Å². The summed E-state index contributed by atoms with van der Waals surface area (Å²) in [6.07, 6.45) is 3.07. The molecule has 0 aromatic heterocycles. The Morgan fingerprint density at radius 2 is 1.93 bits per heavy atom. The summed E-state index contributed by atoms with van der Waals surface area (Å²) in [6, 6.07) is -1.03. The first-order valence-corrected chi connectivity index (χ1v) is 4.36. The van der Waals surface area contributed by atoms with Crippen molar-refractivity contribution >= 4 is 17.8 Å². The summed E-state index contributed by atoms with van der Waals surface area (Å²) < 4.78 is 0. The molecular weight excluding hydrogens is 186 g/mol. The Morgan fingerprint density at radius 1 is 1.43 bits per heavy atom. The third-order valence-electron chi connectivity index (χ3n) is 2.00. The number of hydrogen-bond donors (Lipinski definition) is 1. The Bertz CT molecular complexity index is 290. The maximum atomic E-state index is 11.2. The van der Waals surface area contributed by atoms with E-state index in [1.807, 2.05) is 0 Å². The van der Waals surface area contributed by atoms with Crippen molar-refractivity contribution in [2.45, 2.75) is 25.8 Å². The van der Waals surface area contributed by atoms with Gasteiger partial charge in [0.1, 0.15) is 6.04 Å². The van der Waals surface area contributed by atoms with E-state index in [0.29, 0.717) is 6.42 Å². The van der Waals surface area contributed by atoms with Crippen molar-refractivity contribution < 1.29 is 19.5 Å². The van der Waals surface area contributed by atoms with Gasteiger partial charge in [-0.2, -0.15) is 0 Å². The molecule has 76 valence electrons. The fourth-order valence-electron chi connectivity index (χ4n) is 1.36. The Labute approximate surface area is 81.0 Å². The van der Waals surface area contributed by atoms with Gasteiger partial charge in [-0.3, -0.25) is 14.5 Å². The van der Waals surface area contributed by atoms with Crippen LogP contribution in [0.4, 0.5) is 0 Å². The number of rotatable bonds is 4. The molecule has 0 saturated carbocycles. The topological polar surface area (TPSA) is 74.7 Å². The smallest absolute Gasteiger partial charge is 0.326 e. The van der Waals surface area contributed by atoms with Crippen molar-refractivity contribution in [2.75, 3.05) is 0 Å².